The second-order valence-corrected chi connectivity index (χ2v) is 7.01. The van der Waals surface area contributed by atoms with E-state index in [0.717, 1.165) is 38.4 Å². The van der Waals surface area contributed by atoms with Gasteiger partial charge in [-0.15, -0.1) is 0 Å². The van der Waals surface area contributed by atoms with Gasteiger partial charge in [0.15, 0.2) is 5.96 Å². The van der Waals surface area contributed by atoms with E-state index in [0.29, 0.717) is 18.6 Å². The highest BCUT2D eigenvalue weighted by Crippen LogP contribution is 2.15. The molecule has 0 spiro atoms. The molecule has 2 rings (SSSR count). The zero-order valence-corrected chi connectivity index (χ0v) is 16.1. The molecular formula is C18H35N5O2. The van der Waals surface area contributed by atoms with Crippen LogP contribution < -0.4 is 10.6 Å². The number of nitrogens with zero attached hydrogens (tertiary/aromatic N) is 3. The standard InChI is InChI=1S/C18H35N5O2/c1-4-9-22-10-6-15(14-22)13-20-17(19-3)21-16-7-11-23(12-8-16)18(24)25-5-2/h15-16H,4-14H2,1-3H3,(H2,19,20,21). The predicted molar refractivity (Wildman–Crippen MR) is 101 cm³/mol. The third-order valence-corrected chi connectivity index (χ3v) is 5.05. The van der Waals surface area contributed by atoms with Crippen molar-refractivity contribution in [1.29, 1.82) is 0 Å². The Labute approximate surface area is 152 Å². The third-order valence-electron chi connectivity index (χ3n) is 5.05. The maximum Gasteiger partial charge on any atom is 0.409 e. The summed E-state index contributed by atoms with van der Waals surface area (Å²) in [5, 5.41) is 6.99. The lowest BCUT2D eigenvalue weighted by molar-refractivity contribution is 0.0963. The Kier molecular flexibility index (Phi) is 8.31. The monoisotopic (exact) mass is 353 g/mol. The van der Waals surface area contributed by atoms with Crippen molar-refractivity contribution in [2.24, 2.45) is 10.9 Å². The van der Waals surface area contributed by atoms with Crippen LogP contribution >= 0.6 is 0 Å². The first-order valence-corrected chi connectivity index (χ1v) is 9.77. The molecule has 0 aliphatic carbocycles. The molecule has 2 saturated heterocycles. The van der Waals surface area contributed by atoms with Crippen molar-refractivity contribution in [1.82, 2.24) is 20.4 Å². The number of rotatable bonds is 6. The number of likely N-dealkylation sites (tertiary alicyclic amines) is 2. The van der Waals surface area contributed by atoms with E-state index in [9.17, 15) is 4.79 Å². The first kappa shape index (κ1) is 19.8. The number of carbonyl (C=O) groups is 1. The highest BCUT2D eigenvalue weighted by molar-refractivity contribution is 5.80. The Bertz CT molecular complexity index is 435. The summed E-state index contributed by atoms with van der Waals surface area (Å²) in [6.07, 6.45) is 4.15. The van der Waals surface area contributed by atoms with Crippen LogP contribution in [0.2, 0.25) is 0 Å². The number of nitrogens with one attached hydrogen (secondary N) is 2. The molecule has 7 nitrogen and oxygen atoms in total. The summed E-state index contributed by atoms with van der Waals surface area (Å²) in [5.74, 6) is 1.58. The van der Waals surface area contributed by atoms with Crippen LogP contribution in [0.3, 0.4) is 0 Å². The number of amides is 1. The molecule has 0 aromatic carbocycles. The molecule has 2 aliphatic rings. The Morgan fingerprint density at radius 3 is 2.60 bits per heavy atom. The zero-order valence-electron chi connectivity index (χ0n) is 16.1. The second-order valence-electron chi connectivity index (χ2n) is 7.01. The van der Waals surface area contributed by atoms with Crippen LogP contribution in [0, 0.1) is 5.92 Å². The Balaban J connectivity index is 1.66. The van der Waals surface area contributed by atoms with E-state index >= 15 is 0 Å². The summed E-state index contributed by atoms with van der Waals surface area (Å²) in [6.45, 7) is 10.6. The summed E-state index contributed by atoms with van der Waals surface area (Å²) in [5.41, 5.74) is 0. The minimum atomic E-state index is -0.193. The van der Waals surface area contributed by atoms with Gasteiger partial charge in [-0.05, 0) is 51.6 Å². The molecule has 2 N–H and O–H groups in total. The third kappa shape index (κ3) is 6.38. The zero-order chi connectivity index (χ0) is 18.1. The molecule has 0 saturated carbocycles. The average Bonchev–Trinajstić information content (AvgIpc) is 3.07. The number of carbonyl (C=O) groups excluding carboxylic acids is 1. The van der Waals surface area contributed by atoms with Gasteiger partial charge in [0.1, 0.15) is 0 Å². The number of piperidine rings is 1. The van der Waals surface area contributed by atoms with Crippen LogP contribution in [0.25, 0.3) is 0 Å². The van der Waals surface area contributed by atoms with Crippen molar-refractivity contribution in [3.63, 3.8) is 0 Å². The molecule has 0 bridgehead atoms. The molecule has 0 radical (unpaired) electrons. The lowest BCUT2D eigenvalue weighted by atomic mass is 10.1. The summed E-state index contributed by atoms with van der Waals surface area (Å²) in [6, 6.07) is 0.358. The van der Waals surface area contributed by atoms with Crippen LogP contribution in [0.5, 0.6) is 0 Å². The van der Waals surface area contributed by atoms with Gasteiger partial charge in [0.25, 0.3) is 0 Å². The molecule has 1 unspecified atom stereocenters. The van der Waals surface area contributed by atoms with E-state index < -0.39 is 0 Å². The van der Waals surface area contributed by atoms with Gasteiger partial charge in [0.05, 0.1) is 6.61 Å². The lowest BCUT2D eigenvalue weighted by Crippen LogP contribution is -2.50. The number of hydrogen-bond acceptors (Lipinski definition) is 4. The first-order chi connectivity index (χ1) is 12.2. The maximum atomic E-state index is 11.7. The fourth-order valence-corrected chi connectivity index (χ4v) is 3.65. The predicted octanol–water partition coefficient (Wildman–Crippen LogP) is 1.50. The van der Waals surface area contributed by atoms with E-state index in [-0.39, 0.29) is 6.09 Å². The Morgan fingerprint density at radius 2 is 1.96 bits per heavy atom. The normalized spacial score (nSPS) is 22.9. The summed E-state index contributed by atoms with van der Waals surface area (Å²) >= 11 is 0. The van der Waals surface area contributed by atoms with Crippen molar-refractivity contribution >= 4 is 12.1 Å². The molecule has 2 fully saturated rings. The van der Waals surface area contributed by atoms with Gasteiger partial charge in [-0.1, -0.05) is 6.92 Å². The Morgan fingerprint density at radius 1 is 1.20 bits per heavy atom. The van der Waals surface area contributed by atoms with Gasteiger partial charge < -0.3 is 25.2 Å². The van der Waals surface area contributed by atoms with E-state index in [1.165, 1.54) is 32.5 Å². The second kappa shape index (κ2) is 10.5. The number of guanidine groups is 1. The van der Waals surface area contributed by atoms with Crippen molar-refractivity contribution in [3.05, 3.63) is 0 Å². The van der Waals surface area contributed by atoms with Crippen LogP contribution in [-0.4, -0.2) is 80.8 Å². The maximum absolute atomic E-state index is 11.7. The van der Waals surface area contributed by atoms with Gasteiger partial charge in [-0.3, -0.25) is 4.99 Å². The molecule has 2 aliphatic heterocycles. The summed E-state index contributed by atoms with van der Waals surface area (Å²) < 4.78 is 5.07. The van der Waals surface area contributed by atoms with Crippen molar-refractivity contribution < 1.29 is 9.53 Å². The van der Waals surface area contributed by atoms with Crippen LogP contribution in [0.4, 0.5) is 4.79 Å². The molecule has 0 aromatic heterocycles. The van der Waals surface area contributed by atoms with Gasteiger partial charge in [0, 0.05) is 39.3 Å². The molecule has 25 heavy (non-hydrogen) atoms. The van der Waals surface area contributed by atoms with Gasteiger partial charge in [-0.25, -0.2) is 4.79 Å². The van der Waals surface area contributed by atoms with Crippen LogP contribution in [0.1, 0.15) is 39.5 Å². The topological polar surface area (TPSA) is 69.2 Å². The van der Waals surface area contributed by atoms with E-state index in [2.05, 4.69) is 27.4 Å². The molecule has 144 valence electrons. The minimum Gasteiger partial charge on any atom is -0.450 e. The highest BCUT2D eigenvalue weighted by Gasteiger charge is 2.25. The highest BCUT2D eigenvalue weighted by atomic mass is 16.6. The van der Waals surface area contributed by atoms with Crippen molar-refractivity contribution in [2.75, 3.05) is 52.9 Å². The fourth-order valence-electron chi connectivity index (χ4n) is 3.65. The smallest absolute Gasteiger partial charge is 0.409 e. The lowest BCUT2D eigenvalue weighted by Gasteiger charge is -2.32. The van der Waals surface area contributed by atoms with Crippen molar-refractivity contribution in [2.45, 2.75) is 45.6 Å². The minimum absolute atomic E-state index is 0.193. The van der Waals surface area contributed by atoms with E-state index in [1.807, 2.05) is 14.0 Å². The van der Waals surface area contributed by atoms with Crippen LogP contribution in [-0.2, 0) is 4.74 Å². The number of aliphatic imine (C=N–C) groups is 1. The molecule has 7 heteroatoms. The number of hydrogen-bond donors (Lipinski definition) is 2. The van der Waals surface area contributed by atoms with Gasteiger partial charge in [0.2, 0.25) is 0 Å². The average molecular weight is 354 g/mol. The molecule has 0 aromatic rings. The van der Waals surface area contributed by atoms with Crippen LogP contribution in [0.15, 0.2) is 4.99 Å². The largest absolute Gasteiger partial charge is 0.450 e. The first-order valence-electron chi connectivity index (χ1n) is 9.77. The molecule has 1 atom stereocenters. The van der Waals surface area contributed by atoms with Gasteiger partial charge in [-0.2, -0.15) is 0 Å². The quantitative estimate of drug-likeness (QED) is 0.559. The fraction of sp³-hybridized carbons (Fsp3) is 0.889. The van der Waals surface area contributed by atoms with Crippen molar-refractivity contribution in [3.8, 4) is 0 Å². The van der Waals surface area contributed by atoms with E-state index in [1.54, 1.807) is 4.90 Å². The molecular weight excluding hydrogens is 318 g/mol. The summed E-state index contributed by atoms with van der Waals surface area (Å²) in [7, 11) is 1.82. The summed E-state index contributed by atoms with van der Waals surface area (Å²) in [4.78, 5) is 20.4. The SMILES string of the molecule is CCCN1CCC(CNC(=NC)NC2CCN(C(=O)OCC)CC2)C1. The Hall–Kier alpha value is -1.50. The number of ether oxygens (including phenoxy) is 1. The van der Waals surface area contributed by atoms with E-state index in [4.69, 9.17) is 4.74 Å². The molecule has 1 amide bonds. The van der Waals surface area contributed by atoms with Gasteiger partial charge >= 0.3 is 6.09 Å². The molecule has 2 heterocycles.